The maximum atomic E-state index is 5.50. The SMILES string of the molecule is C[C@H]1CCO[C@@H](N)C1. The quantitative estimate of drug-likeness (QED) is 0.505. The van der Waals surface area contributed by atoms with Crippen LogP contribution in [0.15, 0.2) is 0 Å². The average molecular weight is 115 g/mol. The predicted molar refractivity (Wildman–Crippen MR) is 32.3 cm³/mol. The van der Waals surface area contributed by atoms with E-state index in [9.17, 15) is 0 Å². The van der Waals surface area contributed by atoms with Crippen LogP contribution in [0, 0.1) is 5.92 Å². The van der Waals surface area contributed by atoms with Gasteiger partial charge in [0.05, 0.1) is 0 Å². The summed E-state index contributed by atoms with van der Waals surface area (Å²) in [5, 5.41) is 0. The first-order chi connectivity index (χ1) is 3.79. The van der Waals surface area contributed by atoms with Gasteiger partial charge in [-0.05, 0) is 18.8 Å². The van der Waals surface area contributed by atoms with E-state index < -0.39 is 0 Å². The number of hydrogen-bond acceptors (Lipinski definition) is 2. The molecule has 0 aromatic rings. The van der Waals surface area contributed by atoms with E-state index in [1.54, 1.807) is 0 Å². The molecule has 0 saturated carbocycles. The third-order valence-corrected chi connectivity index (χ3v) is 1.58. The Kier molecular flexibility index (Phi) is 1.86. The molecule has 0 amide bonds. The van der Waals surface area contributed by atoms with Gasteiger partial charge in [-0.15, -0.1) is 0 Å². The summed E-state index contributed by atoms with van der Waals surface area (Å²) < 4.78 is 5.13. The number of nitrogens with two attached hydrogens (primary N) is 1. The smallest absolute Gasteiger partial charge is 0.105 e. The van der Waals surface area contributed by atoms with Crippen LogP contribution in [-0.4, -0.2) is 12.8 Å². The molecule has 0 bridgehead atoms. The lowest BCUT2D eigenvalue weighted by Crippen LogP contribution is -2.31. The molecule has 2 N–H and O–H groups in total. The standard InChI is InChI=1S/C6H13NO/c1-5-2-3-8-6(7)4-5/h5-6H,2-4,7H2,1H3/t5-,6+/m0/s1. The van der Waals surface area contributed by atoms with Gasteiger partial charge in [-0.2, -0.15) is 0 Å². The Morgan fingerprint density at radius 1 is 1.62 bits per heavy atom. The highest BCUT2D eigenvalue weighted by molar-refractivity contribution is 4.62. The highest BCUT2D eigenvalue weighted by Gasteiger charge is 2.14. The fraction of sp³-hybridized carbons (Fsp3) is 1.00. The Hall–Kier alpha value is -0.0800. The zero-order chi connectivity index (χ0) is 5.98. The van der Waals surface area contributed by atoms with E-state index in [0.717, 1.165) is 18.9 Å². The predicted octanol–water partition coefficient (Wildman–Crippen LogP) is 0.718. The van der Waals surface area contributed by atoms with Crippen molar-refractivity contribution in [3.8, 4) is 0 Å². The van der Waals surface area contributed by atoms with Gasteiger partial charge in [-0.3, -0.25) is 0 Å². The normalized spacial score (nSPS) is 39.8. The van der Waals surface area contributed by atoms with Gasteiger partial charge in [-0.1, -0.05) is 6.92 Å². The minimum atomic E-state index is 0.0127. The number of rotatable bonds is 0. The molecular weight excluding hydrogens is 102 g/mol. The summed E-state index contributed by atoms with van der Waals surface area (Å²) in [6.07, 6.45) is 2.21. The molecule has 1 rings (SSSR count). The fourth-order valence-electron chi connectivity index (χ4n) is 1.00. The summed E-state index contributed by atoms with van der Waals surface area (Å²) in [4.78, 5) is 0. The minimum Gasteiger partial charge on any atom is -0.364 e. The van der Waals surface area contributed by atoms with Crippen molar-refractivity contribution in [1.29, 1.82) is 0 Å². The lowest BCUT2D eigenvalue weighted by atomic mass is 10.0. The lowest BCUT2D eigenvalue weighted by molar-refractivity contribution is -0.000575. The van der Waals surface area contributed by atoms with Crippen molar-refractivity contribution in [2.45, 2.75) is 26.0 Å². The van der Waals surface area contributed by atoms with E-state index in [1.807, 2.05) is 0 Å². The fourth-order valence-corrected chi connectivity index (χ4v) is 1.00. The van der Waals surface area contributed by atoms with Crippen LogP contribution in [0.5, 0.6) is 0 Å². The van der Waals surface area contributed by atoms with Gasteiger partial charge in [0.1, 0.15) is 6.23 Å². The van der Waals surface area contributed by atoms with Gasteiger partial charge in [0.2, 0.25) is 0 Å². The molecule has 1 saturated heterocycles. The van der Waals surface area contributed by atoms with Gasteiger partial charge in [0.15, 0.2) is 0 Å². The maximum absolute atomic E-state index is 5.50. The monoisotopic (exact) mass is 115 g/mol. The van der Waals surface area contributed by atoms with Crippen LogP contribution in [-0.2, 0) is 4.74 Å². The largest absolute Gasteiger partial charge is 0.364 e. The Morgan fingerprint density at radius 3 is 2.75 bits per heavy atom. The second kappa shape index (κ2) is 2.46. The van der Waals surface area contributed by atoms with E-state index in [1.165, 1.54) is 6.42 Å². The third-order valence-electron chi connectivity index (χ3n) is 1.58. The molecule has 2 heteroatoms. The summed E-state index contributed by atoms with van der Waals surface area (Å²) >= 11 is 0. The van der Waals surface area contributed by atoms with Crippen LogP contribution in [0.3, 0.4) is 0 Å². The molecule has 1 aliphatic rings. The van der Waals surface area contributed by atoms with Crippen molar-refractivity contribution in [3.05, 3.63) is 0 Å². The van der Waals surface area contributed by atoms with Crippen molar-refractivity contribution >= 4 is 0 Å². The van der Waals surface area contributed by atoms with E-state index in [-0.39, 0.29) is 6.23 Å². The molecule has 0 aromatic carbocycles. The number of ether oxygens (including phenoxy) is 1. The van der Waals surface area contributed by atoms with Gasteiger partial charge >= 0.3 is 0 Å². The van der Waals surface area contributed by atoms with Gasteiger partial charge in [0.25, 0.3) is 0 Å². The summed E-state index contributed by atoms with van der Waals surface area (Å²) in [5.74, 6) is 0.763. The molecule has 1 fully saturated rings. The molecule has 0 aromatic heterocycles. The van der Waals surface area contributed by atoms with E-state index in [0.29, 0.717) is 0 Å². The molecule has 0 unspecified atom stereocenters. The second-order valence-electron chi connectivity index (χ2n) is 2.54. The molecule has 0 aliphatic carbocycles. The lowest BCUT2D eigenvalue weighted by Gasteiger charge is -2.23. The molecule has 1 aliphatic heterocycles. The summed E-state index contributed by atoms with van der Waals surface area (Å²) in [6.45, 7) is 3.06. The van der Waals surface area contributed by atoms with Gasteiger partial charge in [-0.25, -0.2) is 0 Å². The molecular formula is C6H13NO. The molecule has 8 heavy (non-hydrogen) atoms. The summed E-state index contributed by atoms with van der Waals surface area (Å²) in [5.41, 5.74) is 5.50. The van der Waals surface area contributed by atoms with Gasteiger partial charge in [0, 0.05) is 6.61 Å². The van der Waals surface area contributed by atoms with Crippen molar-refractivity contribution < 1.29 is 4.74 Å². The Balaban J connectivity index is 2.23. The molecule has 0 radical (unpaired) electrons. The first kappa shape index (κ1) is 6.05. The molecule has 2 atom stereocenters. The van der Waals surface area contributed by atoms with Crippen molar-refractivity contribution in [1.82, 2.24) is 0 Å². The second-order valence-corrected chi connectivity index (χ2v) is 2.54. The number of hydrogen-bond donors (Lipinski definition) is 1. The van der Waals surface area contributed by atoms with Crippen LogP contribution in [0.1, 0.15) is 19.8 Å². The molecule has 0 spiro atoms. The topological polar surface area (TPSA) is 35.2 Å². The van der Waals surface area contributed by atoms with Crippen LogP contribution in [0.25, 0.3) is 0 Å². The van der Waals surface area contributed by atoms with E-state index >= 15 is 0 Å². The van der Waals surface area contributed by atoms with Crippen molar-refractivity contribution in [2.24, 2.45) is 11.7 Å². The van der Waals surface area contributed by atoms with Crippen LogP contribution in [0.4, 0.5) is 0 Å². The average Bonchev–Trinajstić information content (AvgIpc) is 1.64. The Bertz CT molecular complexity index is 66.9. The minimum absolute atomic E-state index is 0.0127. The molecule has 1 heterocycles. The summed E-state index contributed by atoms with van der Waals surface area (Å²) in [6, 6.07) is 0. The van der Waals surface area contributed by atoms with Crippen molar-refractivity contribution in [3.63, 3.8) is 0 Å². The maximum Gasteiger partial charge on any atom is 0.105 e. The van der Waals surface area contributed by atoms with Crippen molar-refractivity contribution in [2.75, 3.05) is 6.61 Å². The summed E-state index contributed by atoms with van der Waals surface area (Å²) in [7, 11) is 0. The van der Waals surface area contributed by atoms with E-state index in [2.05, 4.69) is 6.92 Å². The molecule has 48 valence electrons. The Morgan fingerprint density at radius 2 is 2.38 bits per heavy atom. The van der Waals surface area contributed by atoms with Crippen LogP contribution in [0.2, 0.25) is 0 Å². The zero-order valence-corrected chi connectivity index (χ0v) is 5.26. The molecule has 2 nitrogen and oxygen atoms in total. The van der Waals surface area contributed by atoms with Gasteiger partial charge < -0.3 is 10.5 Å². The Labute approximate surface area is 50.0 Å². The first-order valence-electron chi connectivity index (χ1n) is 3.16. The van der Waals surface area contributed by atoms with Crippen LogP contribution >= 0.6 is 0 Å². The van der Waals surface area contributed by atoms with E-state index in [4.69, 9.17) is 10.5 Å². The third kappa shape index (κ3) is 1.46. The zero-order valence-electron chi connectivity index (χ0n) is 5.26. The highest BCUT2D eigenvalue weighted by atomic mass is 16.5. The van der Waals surface area contributed by atoms with Crippen LogP contribution < -0.4 is 5.73 Å². The highest BCUT2D eigenvalue weighted by Crippen LogP contribution is 2.15. The first-order valence-corrected chi connectivity index (χ1v) is 3.16.